The van der Waals surface area contributed by atoms with Crippen LogP contribution in [0.25, 0.3) is 0 Å². The van der Waals surface area contributed by atoms with Gasteiger partial charge in [0.2, 0.25) is 0 Å². The average molecular weight is 284 g/mol. The highest BCUT2D eigenvalue weighted by Gasteiger charge is 2.24. The van der Waals surface area contributed by atoms with Crippen molar-refractivity contribution in [3.05, 3.63) is 23.3 Å². The number of nitrogens with zero attached hydrogens (tertiary/aromatic N) is 2. The van der Waals surface area contributed by atoms with Crippen LogP contribution < -0.4 is 4.90 Å². The molecule has 0 fully saturated rings. The molecule has 0 radical (unpaired) electrons. The fraction of sp³-hybridized carbons (Fsp3) is 0.462. The standard InChI is InChI=1S/C13H17FN2O4/c1-5-16(6-2)9-7-8(12(17)19-3)15-11(10(9)14)13(18)20-4/h7H,5-6H2,1-4H3. The number of ether oxygens (including phenoxy) is 2. The van der Waals surface area contributed by atoms with Gasteiger partial charge in [-0.05, 0) is 19.9 Å². The molecule has 1 aromatic rings. The van der Waals surface area contributed by atoms with E-state index in [9.17, 15) is 14.0 Å². The van der Waals surface area contributed by atoms with Crippen molar-refractivity contribution in [3.8, 4) is 0 Å². The van der Waals surface area contributed by atoms with Crippen molar-refractivity contribution in [2.45, 2.75) is 13.8 Å². The molecule has 0 amide bonds. The molecule has 0 aromatic carbocycles. The molecule has 1 rings (SSSR count). The summed E-state index contributed by atoms with van der Waals surface area (Å²) in [5.74, 6) is -2.50. The number of rotatable bonds is 5. The third-order valence-electron chi connectivity index (χ3n) is 2.82. The number of anilines is 1. The lowest BCUT2D eigenvalue weighted by Gasteiger charge is -2.22. The van der Waals surface area contributed by atoms with Gasteiger partial charge in [-0.1, -0.05) is 0 Å². The molecular formula is C13H17FN2O4. The quantitative estimate of drug-likeness (QED) is 0.766. The normalized spacial score (nSPS) is 10.1. The number of pyridine rings is 1. The van der Waals surface area contributed by atoms with Gasteiger partial charge in [0.1, 0.15) is 0 Å². The third kappa shape index (κ3) is 3.04. The second kappa shape index (κ2) is 6.83. The molecule has 7 heteroatoms. The van der Waals surface area contributed by atoms with Crippen LogP contribution in [0.3, 0.4) is 0 Å². The predicted octanol–water partition coefficient (Wildman–Crippen LogP) is 1.64. The zero-order chi connectivity index (χ0) is 15.3. The molecule has 0 aliphatic rings. The highest BCUT2D eigenvalue weighted by atomic mass is 19.1. The minimum absolute atomic E-state index is 0.116. The summed E-state index contributed by atoms with van der Waals surface area (Å²) >= 11 is 0. The lowest BCUT2D eigenvalue weighted by Crippen LogP contribution is -2.25. The monoisotopic (exact) mass is 284 g/mol. The summed E-state index contributed by atoms with van der Waals surface area (Å²) in [7, 11) is 2.30. The van der Waals surface area contributed by atoms with Crippen LogP contribution in [0.1, 0.15) is 34.8 Å². The maximum Gasteiger partial charge on any atom is 0.359 e. The second-order valence-electron chi connectivity index (χ2n) is 3.84. The van der Waals surface area contributed by atoms with Crippen LogP contribution >= 0.6 is 0 Å². The van der Waals surface area contributed by atoms with E-state index in [1.807, 2.05) is 13.8 Å². The summed E-state index contributed by atoms with van der Waals surface area (Å²) in [5, 5.41) is 0. The number of methoxy groups -OCH3 is 2. The minimum atomic E-state index is -0.943. The summed E-state index contributed by atoms with van der Waals surface area (Å²) < 4.78 is 23.4. The van der Waals surface area contributed by atoms with Crippen molar-refractivity contribution < 1.29 is 23.5 Å². The van der Waals surface area contributed by atoms with Crippen molar-refractivity contribution in [1.82, 2.24) is 4.98 Å². The molecule has 0 atom stereocenters. The molecule has 0 aliphatic carbocycles. The van der Waals surface area contributed by atoms with Gasteiger partial charge in [-0.2, -0.15) is 0 Å². The van der Waals surface area contributed by atoms with E-state index in [4.69, 9.17) is 0 Å². The summed E-state index contributed by atoms with van der Waals surface area (Å²) in [6.07, 6.45) is 0. The van der Waals surface area contributed by atoms with Crippen molar-refractivity contribution >= 4 is 17.6 Å². The maximum atomic E-state index is 14.3. The molecule has 0 unspecified atom stereocenters. The molecule has 0 spiro atoms. The van der Waals surface area contributed by atoms with Gasteiger partial charge in [0.15, 0.2) is 17.2 Å². The first-order valence-corrected chi connectivity index (χ1v) is 6.12. The Morgan fingerprint density at radius 3 is 2.20 bits per heavy atom. The molecule has 20 heavy (non-hydrogen) atoms. The molecule has 1 heterocycles. The largest absolute Gasteiger partial charge is 0.464 e. The molecule has 0 saturated carbocycles. The lowest BCUT2D eigenvalue weighted by atomic mass is 10.2. The fourth-order valence-electron chi connectivity index (χ4n) is 1.75. The Kier molecular flexibility index (Phi) is 5.42. The van der Waals surface area contributed by atoms with Gasteiger partial charge in [0.05, 0.1) is 19.9 Å². The van der Waals surface area contributed by atoms with Crippen LogP contribution in [0.15, 0.2) is 6.07 Å². The van der Waals surface area contributed by atoms with Gasteiger partial charge in [0.25, 0.3) is 0 Å². The fourth-order valence-corrected chi connectivity index (χ4v) is 1.75. The van der Waals surface area contributed by atoms with E-state index in [-0.39, 0.29) is 11.4 Å². The van der Waals surface area contributed by atoms with Crippen molar-refractivity contribution in [2.75, 3.05) is 32.2 Å². The van der Waals surface area contributed by atoms with E-state index in [2.05, 4.69) is 14.5 Å². The van der Waals surface area contributed by atoms with E-state index in [0.717, 1.165) is 7.11 Å². The van der Waals surface area contributed by atoms with E-state index in [0.29, 0.717) is 13.1 Å². The smallest absolute Gasteiger partial charge is 0.359 e. The Balaban J connectivity index is 3.49. The van der Waals surface area contributed by atoms with Crippen LogP contribution in [0.2, 0.25) is 0 Å². The summed E-state index contributed by atoms with van der Waals surface area (Å²) in [6, 6.07) is 1.26. The van der Waals surface area contributed by atoms with Gasteiger partial charge in [-0.3, -0.25) is 0 Å². The molecule has 0 bridgehead atoms. The molecule has 0 aliphatic heterocycles. The van der Waals surface area contributed by atoms with Crippen molar-refractivity contribution in [3.63, 3.8) is 0 Å². The van der Waals surface area contributed by atoms with Crippen molar-refractivity contribution in [2.24, 2.45) is 0 Å². The number of hydrogen-bond acceptors (Lipinski definition) is 6. The number of carbonyl (C=O) groups is 2. The third-order valence-corrected chi connectivity index (χ3v) is 2.82. The Labute approximate surface area is 116 Å². The van der Waals surface area contributed by atoms with Crippen LogP contribution in [-0.2, 0) is 9.47 Å². The van der Waals surface area contributed by atoms with Crippen LogP contribution in [0.5, 0.6) is 0 Å². The average Bonchev–Trinajstić information content (AvgIpc) is 2.48. The van der Waals surface area contributed by atoms with E-state index >= 15 is 0 Å². The Morgan fingerprint density at radius 2 is 1.75 bits per heavy atom. The number of carbonyl (C=O) groups excluding carboxylic acids is 2. The maximum absolute atomic E-state index is 14.3. The van der Waals surface area contributed by atoms with Crippen LogP contribution in [-0.4, -0.2) is 44.2 Å². The first-order valence-electron chi connectivity index (χ1n) is 6.12. The minimum Gasteiger partial charge on any atom is -0.464 e. The van der Waals surface area contributed by atoms with E-state index in [1.54, 1.807) is 4.90 Å². The SMILES string of the molecule is CCN(CC)c1cc(C(=O)OC)nc(C(=O)OC)c1F. The molecule has 0 N–H and O–H groups in total. The molecular weight excluding hydrogens is 267 g/mol. The summed E-state index contributed by atoms with van der Waals surface area (Å²) in [4.78, 5) is 28.5. The van der Waals surface area contributed by atoms with Gasteiger partial charge in [-0.15, -0.1) is 0 Å². The molecule has 6 nitrogen and oxygen atoms in total. The Hall–Kier alpha value is -2.18. The van der Waals surface area contributed by atoms with Crippen LogP contribution in [0.4, 0.5) is 10.1 Å². The first-order chi connectivity index (χ1) is 9.49. The van der Waals surface area contributed by atoms with Crippen LogP contribution in [0, 0.1) is 5.82 Å². The van der Waals surface area contributed by atoms with E-state index < -0.39 is 23.4 Å². The second-order valence-corrected chi connectivity index (χ2v) is 3.84. The molecule has 110 valence electrons. The zero-order valence-corrected chi connectivity index (χ0v) is 11.9. The number of aromatic nitrogens is 1. The van der Waals surface area contributed by atoms with Gasteiger partial charge in [-0.25, -0.2) is 19.0 Å². The summed E-state index contributed by atoms with van der Waals surface area (Å²) in [6.45, 7) is 4.69. The van der Waals surface area contributed by atoms with Crippen molar-refractivity contribution in [1.29, 1.82) is 0 Å². The Morgan fingerprint density at radius 1 is 1.20 bits per heavy atom. The summed E-state index contributed by atoms with van der Waals surface area (Å²) in [5.41, 5.74) is -0.556. The highest BCUT2D eigenvalue weighted by molar-refractivity contribution is 5.93. The lowest BCUT2D eigenvalue weighted by molar-refractivity contribution is 0.0581. The first kappa shape index (κ1) is 15.9. The number of hydrogen-bond donors (Lipinski definition) is 0. The zero-order valence-electron chi connectivity index (χ0n) is 11.9. The number of halogens is 1. The predicted molar refractivity (Wildman–Crippen MR) is 70.4 cm³/mol. The highest BCUT2D eigenvalue weighted by Crippen LogP contribution is 2.23. The topological polar surface area (TPSA) is 68.7 Å². The van der Waals surface area contributed by atoms with E-state index in [1.165, 1.54) is 13.2 Å². The Bertz CT molecular complexity index is 515. The van der Waals surface area contributed by atoms with Gasteiger partial charge >= 0.3 is 11.9 Å². The molecule has 1 aromatic heterocycles. The van der Waals surface area contributed by atoms with Gasteiger partial charge in [0, 0.05) is 13.1 Å². The number of esters is 2. The molecule has 0 saturated heterocycles. The van der Waals surface area contributed by atoms with Gasteiger partial charge < -0.3 is 14.4 Å².